The molecule has 0 bridgehead atoms. The zero-order valence-electron chi connectivity index (χ0n) is 17.9. The van der Waals surface area contributed by atoms with Crippen molar-refractivity contribution >= 4 is 22.0 Å². The number of rotatable bonds is 8. The molecule has 0 aromatic heterocycles. The summed E-state index contributed by atoms with van der Waals surface area (Å²) < 4.78 is 32.3. The quantitative estimate of drug-likeness (QED) is 0.552. The molecule has 32 heavy (non-hydrogen) atoms. The van der Waals surface area contributed by atoms with Gasteiger partial charge < -0.3 is 10.1 Å². The number of piperidine rings is 1. The molecule has 1 saturated heterocycles. The maximum Gasteiger partial charge on any atom is 0.343 e. The van der Waals surface area contributed by atoms with E-state index in [-0.39, 0.29) is 16.9 Å². The Morgan fingerprint density at radius 3 is 2.50 bits per heavy atom. The molecule has 1 aliphatic rings. The summed E-state index contributed by atoms with van der Waals surface area (Å²) in [5, 5.41) is 4.48. The number of hydrazine groups is 1. The van der Waals surface area contributed by atoms with Crippen molar-refractivity contribution in [3.63, 3.8) is 0 Å². The molecular weight excluding hydrogens is 432 g/mol. The molecule has 3 rings (SSSR count). The smallest absolute Gasteiger partial charge is 0.343 e. The molecule has 10 heteroatoms. The first kappa shape index (κ1) is 23.7. The number of carbonyl (C=O) groups is 2. The Labute approximate surface area is 188 Å². The predicted octanol–water partition coefficient (Wildman–Crippen LogP) is 1.67. The molecule has 2 aromatic rings. The highest BCUT2D eigenvalue weighted by molar-refractivity contribution is 7.90. The van der Waals surface area contributed by atoms with Crippen molar-refractivity contribution in [3.05, 3.63) is 65.7 Å². The number of urea groups is 1. The van der Waals surface area contributed by atoms with E-state index in [1.54, 1.807) is 48.5 Å². The highest BCUT2D eigenvalue weighted by Gasteiger charge is 2.23. The molecule has 0 aliphatic carbocycles. The van der Waals surface area contributed by atoms with Crippen LogP contribution in [0.4, 0.5) is 4.79 Å². The van der Waals surface area contributed by atoms with E-state index in [0.717, 1.165) is 18.4 Å². The van der Waals surface area contributed by atoms with Gasteiger partial charge in [-0.3, -0.25) is 10.2 Å². The van der Waals surface area contributed by atoms with E-state index in [1.807, 2.05) is 10.8 Å². The van der Waals surface area contributed by atoms with Crippen LogP contribution in [0, 0.1) is 0 Å². The minimum Gasteiger partial charge on any atom is -0.380 e. The fraction of sp³-hybridized carbons (Fsp3) is 0.364. The maximum atomic E-state index is 12.5. The minimum absolute atomic E-state index is 0.00526. The molecule has 9 nitrogen and oxygen atoms in total. The highest BCUT2D eigenvalue weighted by Crippen LogP contribution is 2.12. The number of nitrogens with zero attached hydrogens (tertiary/aromatic N) is 1. The van der Waals surface area contributed by atoms with Crippen molar-refractivity contribution in [1.29, 1.82) is 0 Å². The second-order valence-electron chi connectivity index (χ2n) is 7.51. The molecule has 1 heterocycles. The molecule has 1 fully saturated rings. The van der Waals surface area contributed by atoms with Gasteiger partial charge in [0.2, 0.25) is 0 Å². The third kappa shape index (κ3) is 6.78. The Morgan fingerprint density at radius 1 is 1.09 bits per heavy atom. The summed E-state index contributed by atoms with van der Waals surface area (Å²) in [6.07, 6.45) is 2.30. The van der Waals surface area contributed by atoms with E-state index in [9.17, 15) is 18.0 Å². The summed E-state index contributed by atoms with van der Waals surface area (Å²) >= 11 is 0. The number of hydrogen-bond donors (Lipinski definition) is 3. The number of nitrogens with one attached hydrogen (secondary N) is 3. The van der Waals surface area contributed by atoms with Crippen LogP contribution < -0.4 is 15.5 Å². The van der Waals surface area contributed by atoms with E-state index in [2.05, 4.69) is 10.7 Å². The summed E-state index contributed by atoms with van der Waals surface area (Å²) in [6, 6.07) is 14.3. The van der Waals surface area contributed by atoms with Gasteiger partial charge in [-0.1, -0.05) is 30.3 Å². The van der Waals surface area contributed by atoms with E-state index in [1.165, 1.54) is 12.1 Å². The van der Waals surface area contributed by atoms with Gasteiger partial charge in [0.1, 0.15) is 0 Å². The molecule has 0 radical (unpaired) electrons. The minimum atomic E-state index is -4.01. The van der Waals surface area contributed by atoms with Crippen molar-refractivity contribution in [2.75, 3.05) is 26.7 Å². The number of amides is 3. The Kier molecular flexibility index (Phi) is 8.20. The van der Waals surface area contributed by atoms with Crippen LogP contribution in [0.2, 0.25) is 0 Å². The van der Waals surface area contributed by atoms with E-state index < -0.39 is 16.1 Å². The van der Waals surface area contributed by atoms with Gasteiger partial charge in [-0.2, -0.15) is 0 Å². The number of carbonyl (C=O) groups excluding carboxylic acids is 2. The normalized spacial score (nSPS) is 16.8. The Morgan fingerprint density at radius 2 is 1.81 bits per heavy atom. The second-order valence-corrected chi connectivity index (χ2v) is 9.19. The standard InChI is InChI=1S/C22H28N4O5S/c1-31-19-8-5-15-26(16-19)24-22(28)25-32(29,30)20-11-9-17(10-12-20)13-14-23-21(27)18-6-3-2-4-7-18/h2-4,6-7,9-12,19H,5,8,13-16H2,1H3,(H,23,27)(H2,24,25,28). The van der Waals surface area contributed by atoms with Gasteiger partial charge >= 0.3 is 6.03 Å². The van der Waals surface area contributed by atoms with Gasteiger partial charge in [0, 0.05) is 32.3 Å². The maximum absolute atomic E-state index is 12.5. The summed E-state index contributed by atoms with van der Waals surface area (Å²) in [5.41, 5.74) is 4.00. The SMILES string of the molecule is COC1CCCN(NC(=O)NS(=O)(=O)c2ccc(CCNC(=O)c3ccccc3)cc2)C1. The van der Waals surface area contributed by atoms with Crippen LogP contribution in [0.5, 0.6) is 0 Å². The van der Waals surface area contributed by atoms with Crippen LogP contribution in [0.15, 0.2) is 59.5 Å². The van der Waals surface area contributed by atoms with Crippen molar-refractivity contribution in [2.45, 2.75) is 30.3 Å². The monoisotopic (exact) mass is 460 g/mol. The van der Waals surface area contributed by atoms with Crippen molar-refractivity contribution < 1.29 is 22.7 Å². The average Bonchev–Trinajstić information content (AvgIpc) is 2.79. The number of ether oxygens (including phenoxy) is 1. The lowest BCUT2D eigenvalue weighted by Gasteiger charge is -2.31. The summed E-state index contributed by atoms with van der Waals surface area (Å²) in [7, 11) is -2.40. The van der Waals surface area contributed by atoms with Crippen LogP contribution in [-0.4, -0.2) is 58.2 Å². The lowest BCUT2D eigenvalue weighted by Crippen LogP contribution is -2.53. The van der Waals surface area contributed by atoms with Crippen LogP contribution in [0.25, 0.3) is 0 Å². The lowest BCUT2D eigenvalue weighted by atomic mass is 10.1. The first-order valence-electron chi connectivity index (χ1n) is 10.4. The zero-order valence-corrected chi connectivity index (χ0v) is 18.7. The van der Waals surface area contributed by atoms with Crippen molar-refractivity contribution in [2.24, 2.45) is 0 Å². The molecule has 0 spiro atoms. The third-order valence-corrected chi connectivity index (χ3v) is 6.51. The number of benzene rings is 2. The fourth-order valence-corrected chi connectivity index (χ4v) is 4.33. The average molecular weight is 461 g/mol. The lowest BCUT2D eigenvalue weighted by molar-refractivity contribution is 0.0173. The van der Waals surface area contributed by atoms with Gasteiger partial charge in [0.25, 0.3) is 15.9 Å². The van der Waals surface area contributed by atoms with Gasteiger partial charge in [0.15, 0.2) is 0 Å². The van der Waals surface area contributed by atoms with E-state index >= 15 is 0 Å². The number of methoxy groups -OCH3 is 1. The first-order valence-corrected chi connectivity index (χ1v) is 11.9. The Balaban J connectivity index is 1.48. The molecule has 172 valence electrons. The van der Waals surface area contributed by atoms with Gasteiger partial charge in [-0.05, 0) is 49.1 Å². The van der Waals surface area contributed by atoms with Crippen molar-refractivity contribution in [1.82, 2.24) is 20.5 Å². The Bertz CT molecular complexity index is 1010. The topological polar surface area (TPSA) is 117 Å². The molecule has 1 unspecified atom stereocenters. The van der Waals surface area contributed by atoms with Gasteiger partial charge in [-0.25, -0.2) is 22.9 Å². The van der Waals surface area contributed by atoms with Crippen LogP contribution >= 0.6 is 0 Å². The fourth-order valence-electron chi connectivity index (χ4n) is 3.43. The molecule has 0 saturated carbocycles. The van der Waals surface area contributed by atoms with Gasteiger partial charge in [0.05, 0.1) is 11.0 Å². The van der Waals surface area contributed by atoms with Gasteiger partial charge in [-0.15, -0.1) is 0 Å². The molecule has 2 aromatic carbocycles. The Hall–Kier alpha value is -2.95. The summed E-state index contributed by atoms with van der Waals surface area (Å²) in [4.78, 5) is 24.2. The summed E-state index contributed by atoms with van der Waals surface area (Å²) in [5.74, 6) is -0.162. The molecule has 3 amide bonds. The van der Waals surface area contributed by atoms with E-state index in [0.29, 0.717) is 31.6 Å². The first-order chi connectivity index (χ1) is 15.4. The van der Waals surface area contributed by atoms with E-state index in [4.69, 9.17) is 4.74 Å². The predicted molar refractivity (Wildman–Crippen MR) is 119 cm³/mol. The molecule has 1 atom stereocenters. The highest BCUT2D eigenvalue weighted by atomic mass is 32.2. The molecule has 1 aliphatic heterocycles. The molecular formula is C22H28N4O5S. The van der Waals surface area contributed by atoms with Crippen LogP contribution in [0.1, 0.15) is 28.8 Å². The number of hydrogen-bond acceptors (Lipinski definition) is 6. The number of sulfonamides is 1. The van der Waals surface area contributed by atoms with Crippen LogP contribution in [0.3, 0.4) is 0 Å². The second kappa shape index (κ2) is 11.1. The summed E-state index contributed by atoms with van der Waals surface area (Å²) in [6.45, 7) is 1.54. The van der Waals surface area contributed by atoms with Crippen LogP contribution in [-0.2, 0) is 21.2 Å². The largest absolute Gasteiger partial charge is 0.380 e. The molecule has 3 N–H and O–H groups in total. The van der Waals surface area contributed by atoms with Crippen molar-refractivity contribution in [3.8, 4) is 0 Å². The zero-order chi connectivity index (χ0) is 23.0. The third-order valence-electron chi connectivity index (χ3n) is 5.17.